The number of sulfonamides is 1. The second kappa shape index (κ2) is 10.3. The Balaban J connectivity index is 1.38. The first-order chi connectivity index (χ1) is 18.2. The molecule has 0 radical (unpaired) electrons. The van der Waals surface area contributed by atoms with Gasteiger partial charge in [-0.1, -0.05) is 41.9 Å². The minimum atomic E-state index is -4.09. The lowest BCUT2D eigenvalue weighted by Crippen LogP contribution is -2.33. The van der Waals surface area contributed by atoms with Crippen LogP contribution in [0.4, 0.5) is 5.69 Å². The summed E-state index contributed by atoms with van der Waals surface area (Å²) < 4.78 is 27.9. The molecule has 0 spiro atoms. The number of nitrogens with one attached hydrogen (secondary N) is 3. The molecule has 0 bridgehead atoms. The summed E-state index contributed by atoms with van der Waals surface area (Å²) in [5.74, 6) is -0.864. The van der Waals surface area contributed by atoms with Crippen LogP contribution in [0.1, 0.15) is 15.9 Å². The van der Waals surface area contributed by atoms with Crippen LogP contribution in [-0.2, 0) is 16.6 Å². The zero-order chi connectivity index (χ0) is 26.9. The Bertz CT molecular complexity index is 1880. The van der Waals surface area contributed by atoms with Gasteiger partial charge >= 0.3 is 5.69 Å². The monoisotopic (exact) mass is 566 g/mol. The summed E-state index contributed by atoms with van der Waals surface area (Å²) >= 11 is 6.61. The molecule has 2 heterocycles. The number of fused-ring (bicyclic) bond motifs is 1. The van der Waals surface area contributed by atoms with E-state index in [-0.39, 0.29) is 19.8 Å². The Labute approximate surface area is 225 Å². The molecular weight excluding hydrogens is 548 g/mol. The van der Waals surface area contributed by atoms with Gasteiger partial charge in [-0.25, -0.2) is 22.5 Å². The highest BCUT2D eigenvalue weighted by molar-refractivity contribution is 7.92. The fraction of sp³-hybridized carbons (Fsp3) is 0.0385. The van der Waals surface area contributed by atoms with Crippen molar-refractivity contribution in [1.82, 2.24) is 14.3 Å². The molecule has 9 nitrogen and oxygen atoms in total. The third-order valence-electron chi connectivity index (χ3n) is 5.67. The maximum Gasteiger partial charge on any atom is 0.333 e. The Morgan fingerprint density at radius 2 is 1.68 bits per heavy atom. The van der Waals surface area contributed by atoms with Crippen molar-refractivity contribution >= 4 is 55.5 Å². The van der Waals surface area contributed by atoms with Crippen molar-refractivity contribution in [3.8, 4) is 5.69 Å². The van der Waals surface area contributed by atoms with E-state index in [1.807, 2.05) is 35.1 Å². The number of rotatable bonds is 7. The number of hydrogen-bond donors (Lipinski definition) is 3. The van der Waals surface area contributed by atoms with Gasteiger partial charge in [0.15, 0.2) is 0 Å². The van der Waals surface area contributed by atoms with Gasteiger partial charge in [0.05, 0.1) is 20.9 Å². The lowest BCUT2D eigenvalue weighted by atomic mass is 10.2. The van der Waals surface area contributed by atoms with E-state index in [4.69, 9.17) is 11.6 Å². The van der Waals surface area contributed by atoms with E-state index >= 15 is 0 Å². The van der Waals surface area contributed by atoms with Crippen molar-refractivity contribution in [3.05, 3.63) is 121 Å². The number of hydrogen-bond acceptors (Lipinski definition) is 7. The molecule has 0 unspecified atom stereocenters. The second-order valence-electron chi connectivity index (χ2n) is 8.21. The maximum absolute atomic E-state index is 13.2. The molecule has 3 N–H and O–H groups in total. The Hall–Kier alpha value is -4.19. The second-order valence-corrected chi connectivity index (χ2v) is 11.8. The van der Waals surface area contributed by atoms with Gasteiger partial charge in [0.2, 0.25) is 0 Å². The normalized spacial score (nSPS) is 11.4. The minimum Gasteiger partial charge on any atom is -0.381 e. The molecule has 38 heavy (non-hydrogen) atoms. The van der Waals surface area contributed by atoms with E-state index in [0.29, 0.717) is 17.4 Å². The summed E-state index contributed by atoms with van der Waals surface area (Å²) in [6.45, 7) is 0.579. The summed E-state index contributed by atoms with van der Waals surface area (Å²) in [5.41, 5.74) is 1.26. The number of amides is 1. The minimum absolute atomic E-state index is 0.0272. The lowest BCUT2D eigenvalue weighted by Gasteiger charge is -2.10. The molecule has 0 saturated heterocycles. The standard InChI is InChI=1S/C26H19ClN4O5S2/c27-22-12-13-23(37-22)38(35,36)30-24(32)17-6-9-19(10-7-17)31-25(33)20-11-8-18(14-21(20)29-26(31)34)28-15-16-4-2-1-3-5-16/h1-14,28H,15H2,(H,29,34)(H,30,32). The SMILES string of the molecule is O=C(NS(=O)(=O)c1ccc(Cl)s1)c1ccc(-n2c(=O)[nH]c3cc(NCc4ccccc4)ccc3c2=O)cc1. The lowest BCUT2D eigenvalue weighted by molar-refractivity contribution is 0.0981. The van der Waals surface area contributed by atoms with Crippen LogP contribution >= 0.6 is 22.9 Å². The van der Waals surface area contributed by atoms with Gasteiger partial charge in [0.25, 0.3) is 21.5 Å². The molecule has 0 saturated carbocycles. The average Bonchev–Trinajstić information content (AvgIpc) is 3.35. The number of aromatic nitrogens is 2. The van der Waals surface area contributed by atoms with Crippen molar-refractivity contribution in [2.24, 2.45) is 0 Å². The molecule has 1 amide bonds. The van der Waals surface area contributed by atoms with Crippen molar-refractivity contribution < 1.29 is 13.2 Å². The highest BCUT2D eigenvalue weighted by atomic mass is 35.5. The molecule has 0 fully saturated rings. The molecule has 192 valence electrons. The molecule has 5 rings (SSSR count). The Kier molecular flexibility index (Phi) is 6.89. The fourth-order valence-corrected chi connectivity index (χ4v) is 6.25. The maximum atomic E-state index is 13.2. The van der Waals surface area contributed by atoms with E-state index in [1.54, 1.807) is 18.2 Å². The number of aromatic amines is 1. The van der Waals surface area contributed by atoms with Gasteiger partial charge in [0, 0.05) is 17.8 Å². The predicted molar refractivity (Wildman–Crippen MR) is 148 cm³/mol. The smallest absolute Gasteiger partial charge is 0.333 e. The van der Waals surface area contributed by atoms with Gasteiger partial charge in [-0.2, -0.15) is 0 Å². The third-order valence-corrected chi connectivity index (χ3v) is 8.72. The Morgan fingerprint density at radius 3 is 2.37 bits per heavy atom. The van der Waals surface area contributed by atoms with Crippen LogP contribution in [-0.4, -0.2) is 23.9 Å². The van der Waals surface area contributed by atoms with Crippen LogP contribution in [0.5, 0.6) is 0 Å². The molecular formula is C26H19ClN4O5S2. The summed E-state index contributed by atoms with van der Waals surface area (Å²) in [6, 6.07) is 23.0. The molecule has 0 aliphatic rings. The first-order valence-corrected chi connectivity index (χ1v) is 13.9. The number of benzene rings is 3. The molecule has 5 aromatic rings. The molecule has 12 heteroatoms. The molecule has 2 aromatic heterocycles. The van der Waals surface area contributed by atoms with Crippen molar-refractivity contribution in [2.45, 2.75) is 10.8 Å². The fourth-order valence-electron chi connectivity index (χ4n) is 3.80. The summed E-state index contributed by atoms with van der Waals surface area (Å²) in [6.07, 6.45) is 0. The van der Waals surface area contributed by atoms with Crippen molar-refractivity contribution in [2.75, 3.05) is 5.32 Å². The zero-order valence-corrected chi connectivity index (χ0v) is 21.9. The number of carbonyl (C=O) groups excluding carboxylic acids is 1. The first-order valence-electron chi connectivity index (χ1n) is 11.2. The number of thiophene rings is 1. The number of anilines is 1. The topological polar surface area (TPSA) is 130 Å². The molecule has 0 atom stereocenters. The van der Waals surface area contributed by atoms with Crippen LogP contribution in [0.15, 0.2) is 98.7 Å². The zero-order valence-electron chi connectivity index (χ0n) is 19.5. The van der Waals surface area contributed by atoms with E-state index in [2.05, 4.69) is 10.3 Å². The van der Waals surface area contributed by atoms with Gasteiger partial charge in [-0.15, -0.1) is 11.3 Å². The number of halogens is 1. The van der Waals surface area contributed by atoms with Gasteiger partial charge in [-0.05, 0) is 60.2 Å². The molecule has 3 aromatic carbocycles. The summed E-state index contributed by atoms with van der Waals surface area (Å²) in [4.78, 5) is 41.2. The molecule has 0 aliphatic carbocycles. The quantitative estimate of drug-likeness (QED) is 0.272. The van der Waals surface area contributed by atoms with E-state index in [9.17, 15) is 22.8 Å². The highest BCUT2D eigenvalue weighted by Gasteiger charge is 2.21. The van der Waals surface area contributed by atoms with E-state index in [0.717, 1.165) is 27.2 Å². The van der Waals surface area contributed by atoms with Crippen LogP contribution < -0.4 is 21.3 Å². The van der Waals surface area contributed by atoms with E-state index in [1.165, 1.54) is 36.4 Å². The number of nitrogens with zero attached hydrogens (tertiary/aromatic N) is 1. The summed E-state index contributed by atoms with van der Waals surface area (Å²) in [7, 11) is -4.09. The highest BCUT2D eigenvalue weighted by Crippen LogP contribution is 2.25. The number of H-pyrrole nitrogens is 1. The van der Waals surface area contributed by atoms with Crippen LogP contribution in [0.2, 0.25) is 4.34 Å². The predicted octanol–water partition coefficient (Wildman–Crippen LogP) is 4.12. The van der Waals surface area contributed by atoms with Gasteiger partial charge < -0.3 is 10.3 Å². The summed E-state index contributed by atoms with van der Waals surface area (Å²) in [5, 5.41) is 3.57. The third kappa shape index (κ3) is 5.25. The van der Waals surface area contributed by atoms with Gasteiger partial charge in [-0.3, -0.25) is 9.59 Å². The van der Waals surface area contributed by atoms with Crippen molar-refractivity contribution in [3.63, 3.8) is 0 Å². The largest absolute Gasteiger partial charge is 0.381 e. The Morgan fingerprint density at radius 1 is 0.947 bits per heavy atom. The van der Waals surface area contributed by atoms with Gasteiger partial charge in [0.1, 0.15) is 4.21 Å². The number of carbonyl (C=O) groups is 1. The van der Waals surface area contributed by atoms with Crippen LogP contribution in [0, 0.1) is 0 Å². The van der Waals surface area contributed by atoms with Crippen LogP contribution in [0.3, 0.4) is 0 Å². The first kappa shape index (κ1) is 25.5. The van der Waals surface area contributed by atoms with Crippen molar-refractivity contribution in [1.29, 1.82) is 0 Å². The molecule has 0 aliphatic heterocycles. The van der Waals surface area contributed by atoms with E-state index < -0.39 is 27.2 Å². The average molecular weight is 567 g/mol. The van der Waals surface area contributed by atoms with Crippen LogP contribution in [0.25, 0.3) is 16.6 Å².